The molecule has 1 amide bonds. The Morgan fingerprint density at radius 3 is 2.79 bits per heavy atom. The van der Waals surface area contributed by atoms with Crippen LogP contribution < -0.4 is 11.1 Å². The van der Waals surface area contributed by atoms with Gasteiger partial charge in [0.1, 0.15) is 0 Å². The Balaban J connectivity index is 2.66. The molecule has 0 radical (unpaired) electrons. The third kappa shape index (κ3) is 5.06. The van der Waals surface area contributed by atoms with Crippen LogP contribution in [0.2, 0.25) is 5.02 Å². The second kappa shape index (κ2) is 7.33. The Labute approximate surface area is 118 Å². The van der Waals surface area contributed by atoms with Crippen molar-refractivity contribution >= 4 is 28.9 Å². The highest BCUT2D eigenvalue weighted by molar-refractivity contribution is 6.31. The largest absolute Gasteiger partial charge is 0.397 e. The quantitative estimate of drug-likeness (QED) is 0.693. The molecular formula is C13H20ClN3O2. The summed E-state index contributed by atoms with van der Waals surface area (Å²) in [4.78, 5) is 13.8. The molecule has 0 heterocycles. The molecule has 0 saturated heterocycles. The predicted molar refractivity (Wildman–Crippen MR) is 78.3 cm³/mol. The Morgan fingerprint density at radius 2 is 2.21 bits per heavy atom. The van der Waals surface area contributed by atoms with Crippen molar-refractivity contribution in [3.05, 3.63) is 23.2 Å². The number of carbonyl (C=O) groups excluding carboxylic acids is 1. The first-order chi connectivity index (χ1) is 8.93. The maximum Gasteiger partial charge on any atom is 0.238 e. The molecule has 1 aromatic rings. The number of benzene rings is 1. The highest BCUT2D eigenvalue weighted by Crippen LogP contribution is 2.22. The second-order valence-corrected chi connectivity index (χ2v) is 5.00. The maximum atomic E-state index is 11.9. The maximum absolute atomic E-state index is 11.9. The molecule has 5 nitrogen and oxygen atoms in total. The fraction of sp³-hybridized carbons (Fsp3) is 0.462. The van der Waals surface area contributed by atoms with Crippen molar-refractivity contribution in [2.75, 3.05) is 30.7 Å². The average molecular weight is 286 g/mol. The van der Waals surface area contributed by atoms with E-state index in [2.05, 4.69) is 5.32 Å². The number of nitrogens with one attached hydrogen (secondary N) is 1. The van der Waals surface area contributed by atoms with E-state index in [4.69, 9.17) is 22.4 Å². The number of halogens is 1. The lowest BCUT2D eigenvalue weighted by Gasteiger charge is -2.24. The topological polar surface area (TPSA) is 78.6 Å². The van der Waals surface area contributed by atoms with E-state index in [0.717, 1.165) is 0 Å². The zero-order valence-corrected chi connectivity index (χ0v) is 11.9. The second-order valence-electron chi connectivity index (χ2n) is 4.57. The van der Waals surface area contributed by atoms with E-state index in [9.17, 15) is 4.79 Å². The minimum Gasteiger partial charge on any atom is -0.397 e. The van der Waals surface area contributed by atoms with Crippen LogP contribution in [-0.4, -0.2) is 41.7 Å². The van der Waals surface area contributed by atoms with Crippen molar-refractivity contribution in [2.24, 2.45) is 0 Å². The first-order valence-electron chi connectivity index (χ1n) is 6.13. The van der Waals surface area contributed by atoms with Gasteiger partial charge in [0, 0.05) is 17.6 Å². The fourth-order valence-electron chi connectivity index (χ4n) is 1.66. The van der Waals surface area contributed by atoms with Gasteiger partial charge in [-0.15, -0.1) is 0 Å². The Morgan fingerprint density at radius 1 is 1.53 bits per heavy atom. The molecule has 1 aromatic carbocycles. The minimum absolute atomic E-state index is 0.0186. The molecule has 0 aromatic heterocycles. The molecule has 106 valence electrons. The van der Waals surface area contributed by atoms with Gasteiger partial charge in [-0.3, -0.25) is 9.69 Å². The highest BCUT2D eigenvalue weighted by atomic mass is 35.5. The van der Waals surface area contributed by atoms with Crippen LogP contribution in [0.1, 0.15) is 13.8 Å². The van der Waals surface area contributed by atoms with Gasteiger partial charge in [0.15, 0.2) is 0 Å². The number of nitrogen functional groups attached to an aromatic ring is 1. The van der Waals surface area contributed by atoms with Crippen molar-refractivity contribution in [3.63, 3.8) is 0 Å². The monoisotopic (exact) mass is 285 g/mol. The smallest absolute Gasteiger partial charge is 0.238 e. The minimum atomic E-state index is -0.184. The summed E-state index contributed by atoms with van der Waals surface area (Å²) in [6.45, 7) is 4.61. The third-order valence-electron chi connectivity index (χ3n) is 2.75. The summed E-state index contributed by atoms with van der Waals surface area (Å²) in [5.41, 5.74) is 6.73. The van der Waals surface area contributed by atoms with E-state index in [0.29, 0.717) is 22.9 Å². The summed E-state index contributed by atoms with van der Waals surface area (Å²) >= 11 is 5.86. The first-order valence-corrected chi connectivity index (χ1v) is 6.51. The van der Waals surface area contributed by atoms with Crippen LogP contribution in [0, 0.1) is 0 Å². The Hall–Kier alpha value is -1.30. The summed E-state index contributed by atoms with van der Waals surface area (Å²) in [5.74, 6) is -0.184. The van der Waals surface area contributed by atoms with Crippen LogP contribution in [0.25, 0.3) is 0 Å². The van der Waals surface area contributed by atoms with Gasteiger partial charge in [0.25, 0.3) is 0 Å². The molecule has 0 aliphatic heterocycles. The molecule has 0 spiro atoms. The zero-order chi connectivity index (χ0) is 14.4. The summed E-state index contributed by atoms with van der Waals surface area (Å²) < 4.78 is 0. The Bertz CT molecular complexity index is 438. The van der Waals surface area contributed by atoms with E-state index in [-0.39, 0.29) is 25.1 Å². The summed E-state index contributed by atoms with van der Waals surface area (Å²) in [6.07, 6.45) is 0. The van der Waals surface area contributed by atoms with E-state index >= 15 is 0 Å². The van der Waals surface area contributed by atoms with Gasteiger partial charge < -0.3 is 16.2 Å². The zero-order valence-electron chi connectivity index (χ0n) is 11.2. The molecule has 0 unspecified atom stereocenters. The normalized spacial score (nSPS) is 11.1. The lowest BCUT2D eigenvalue weighted by Crippen LogP contribution is -2.39. The number of anilines is 2. The SMILES string of the molecule is CC(C)N(CCO)CC(=O)Nc1cc(Cl)ccc1N. The first kappa shape index (κ1) is 15.8. The molecule has 0 aliphatic rings. The molecule has 0 saturated carbocycles. The summed E-state index contributed by atoms with van der Waals surface area (Å²) in [5, 5.41) is 12.2. The van der Waals surface area contributed by atoms with E-state index < -0.39 is 0 Å². The predicted octanol–water partition coefficient (Wildman–Crippen LogP) is 1.56. The number of hydrogen-bond donors (Lipinski definition) is 3. The molecule has 4 N–H and O–H groups in total. The number of hydrogen-bond acceptors (Lipinski definition) is 4. The third-order valence-corrected chi connectivity index (χ3v) is 2.99. The fourth-order valence-corrected chi connectivity index (χ4v) is 1.83. The number of nitrogens with zero attached hydrogens (tertiary/aromatic N) is 1. The Kier molecular flexibility index (Phi) is 6.08. The van der Waals surface area contributed by atoms with Crippen LogP contribution in [0.15, 0.2) is 18.2 Å². The molecule has 0 aliphatic carbocycles. The molecule has 1 rings (SSSR count). The van der Waals surface area contributed by atoms with Gasteiger partial charge in [-0.2, -0.15) is 0 Å². The van der Waals surface area contributed by atoms with Gasteiger partial charge in [-0.1, -0.05) is 11.6 Å². The van der Waals surface area contributed by atoms with Crippen molar-refractivity contribution in [3.8, 4) is 0 Å². The van der Waals surface area contributed by atoms with E-state index in [1.54, 1.807) is 18.2 Å². The van der Waals surface area contributed by atoms with Crippen LogP contribution >= 0.6 is 11.6 Å². The van der Waals surface area contributed by atoms with E-state index in [1.807, 2.05) is 18.7 Å². The van der Waals surface area contributed by atoms with Crippen molar-refractivity contribution in [2.45, 2.75) is 19.9 Å². The number of amides is 1. The van der Waals surface area contributed by atoms with Gasteiger partial charge in [-0.05, 0) is 32.0 Å². The van der Waals surface area contributed by atoms with Crippen LogP contribution in [0.3, 0.4) is 0 Å². The molecule has 19 heavy (non-hydrogen) atoms. The van der Waals surface area contributed by atoms with Gasteiger partial charge in [0.2, 0.25) is 5.91 Å². The summed E-state index contributed by atoms with van der Waals surface area (Å²) in [7, 11) is 0. The molecule has 6 heteroatoms. The molecule has 0 fully saturated rings. The summed E-state index contributed by atoms with van der Waals surface area (Å²) in [6, 6.07) is 5.10. The van der Waals surface area contributed by atoms with Crippen molar-refractivity contribution in [1.82, 2.24) is 4.90 Å². The number of rotatable bonds is 6. The van der Waals surface area contributed by atoms with Crippen LogP contribution in [-0.2, 0) is 4.79 Å². The number of nitrogens with two attached hydrogens (primary N) is 1. The van der Waals surface area contributed by atoms with Crippen molar-refractivity contribution < 1.29 is 9.90 Å². The van der Waals surface area contributed by atoms with Gasteiger partial charge in [0.05, 0.1) is 24.5 Å². The van der Waals surface area contributed by atoms with E-state index in [1.165, 1.54) is 0 Å². The van der Waals surface area contributed by atoms with Crippen LogP contribution in [0.4, 0.5) is 11.4 Å². The van der Waals surface area contributed by atoms with Gasteiger partial charge >= 0.3 is 0 Å². The number of aliphatic hydroxyl groups excluding tert-OH is 1. The lowest BCUT2D eigenvalue weighted by molar-refractivity contribution is -0.117. The molecule has 0 atom stereocenters. The molecule has 0 bridgehead atoms. The average Bonchev–Trinajstić information content (AvgIpc) is 2.33. The van der Waals surface area contributed by atoms with Gasteiger partial charge in [-0.25, -0.2) is 0 Å². The number of aliphatic hydroxyl groups is 1. The van der Waals surface area contributed by atoms with Crippen molar-refractivity contribution in [1.29, 1.82) is 0 Å². The standard InChI is InChI=1S/C13H20ClN3O2/c1-9(2)17(5-6-18)8-13(19)16-12-7-10(14)3-4-11(12)15/h3-4,7,9,18H,5-6,8,15H2,1-2H3,(H,16,19). The lowest BCUT2D eigenvalue weighted by atomic mass is 10.2. The van der Waals surface area contributed by atoms with Crippen LogP contribution in [0.5, 0.6) is 0 Å². The highest BCUT2D eigenvalue weighted by Gasteiger charge is 2.14. The molecular weight excluding hydrogens is 266 g/mol. The number of carbonyl (C=O) groups is 1.